The summed E-state index contributed by atoms with van der Waals surface area (Å²) in [6.45, 7) is 0.605. The van der Waals surface area contributed by atoms with E-state index in [-0.39, 0.29) is 5.91 Å². The molecule has 0 radical (unpaired) electrons. The van der Waals surface area contributed by atoms with Crippen LogP contribution in [-0.2, 0) is 27.9 Å². The molecule has 0 spiro atoms. The highest BCUT2D eigenvalue weighted by Gasteiger charge is 2.10. The number of sulfonamides is 1. The highest BCUT2D eigenvalue weighted by Crippen LogP contribution is 2.16. The summed E-state index contributed by atoms with van der Waals surface area (Å²) in [5.74, 6) is -0.312. The number of amides is 1. The fourth-order valence-corrected chi connectivity index (χ4v) is 3.17. The molecule has 0 fully saturated rings. The molecule has 0 aliphatic carbocycles. The lowest BCUT2D eigenvalue weighted by atomic mass is 10.2. The molecule has 2 N–H and O–H groups in total. The first-order valence-electron chi connectivity index (χ1n) is 6.93. The minimum atomic E-state index is -3.19. The van der Waals surface area contributed by atoms with Crippen LogP contribution in [0.25, 0.3) is 0 Å². The van der Waals surface area contributed by atoms with Crippen molar-refractivity contribution in [1.29, 1.82) is 0 Å². The van der Waals surface area contributed by atoms with Crippen LogP contribution < -0.4 is 10.2 Å². The highest BCUT2D eigenvalue weighted by molar-refractivity contribution is 7.88. The number of carbonyl (C=O) groups excluding carboxylic acids is 1. The lowest BCUT2D eigenvalue weighted by Gasteiger charge is -2.04. The molecule has 0 saturated carbocycles. The van der Waals surface area contributed by atoms with E-state index in [9.17, 15) is 13.2 Å². The van der Waals surface area contributed by atoms with Crippen LogP contribution in [0.4, 0.5) is 0 Å². The molecule has 8 heteroatoms. The van der Waals surface area contributed by atoms with Gasteiger partial charge in [-0.3, -0.25) is 9.63 Å². The molecule has 1 heterocycles. The maximum atomic E-state index is 11.9. The monoisotopic (exact) mass is 354 g/mol. The van der Waals surface area contributed by atoms with Gasteiger partial charge in [-0.1, -0.05) is 30.3 Å². The van der Waals surface area contributed by atoms with Gasteiger partial charge in [0.1, 0.15) is 0 Å². The van der Waals surface area contributed by atoms with E-state index < -0.39 is 10.0 Å². The third-order valence-corrected chi connectivity index (χ3v) is 4.74. The SMILES string of the molecule is CS(=O)(=O)NCCc1ccc(C(=O)NOCc2ccccc2)s1. The van der Waals surface area contributed by atoms with Crippen LogP contribution in [0, 0.1) is 0 Å². The summed E-state index contributed by atoms with van der Waals surface area (Å²) < 4.78 is 24.4. The molecule has 0 aliphatic heterocycles. The molecule has 2 aromatic rings. The van der Waals surface area contributed by atoms with Crippen LogP contribution >= 0.6 is 11.3 Å². The average molecular weight is 354 g/mol. The minimum Gasteiger partial charge on any atom is -0.269 e. The van der Waals surface area contributed by atoms with Crippen molar-refractivity contribution in [2.45, 2.75) is 13.0 Å². The predicted molar refractivity (Wildman–Crippen MR) is 89.6 cm³/mol. The Morgan fingerprint density at radius 2 is 1.91 bits per heavy atom. The largest absolute Gasteiger partial charge is 0.284 e. The van der Waals surface area contributed by atoms with Crippen molar-refractivity contribution in [3.8, 4) is 0 Å². The molecule has 124 valence electrons. The first-order valence-corrected chi connectivity index (χ1v) is 9.64. The number of hydrogen-bond donors (Lipinski definition) is 2. The number of benzene rings is 1. The molecule has 0 atom stereocenters. The second-order valence-electron chi connectivity index (χ2n) is 4.89. The zero-order chi connectivity index (χ0) is 16.7. The maximum absolute atomic E-state index is 11.9. The number of carbonyl (C=O) groups is 1. The number of hydroxylamine groups is 1. The second kappa shape index (κ2) is 8.21. The summed E-state index contributed by atoms with van der Waals surface area (Å²) in [6, 6.07) is 13.0. The van der Waals surface area contributed by atoms with Crippen molar-refractivity contribution in [2.24, 2.45) is 0 Å². The molecular weight excluding hydrogens is 336 g/mol. The van der Waals surface area contributed by atoms with Crippen LogP contribution in [0.15, 0.2) is 42.5 Å². The number of nitrogens with one attached hydrogen (secondary N) is 2. The van der Waals surface area contributed by atoms with Crippen molar-refractivity contribution in [3.63, 3.8) is 0 Å². The molecule has 0 bridgehead atoms. The summed E-state index contributed by atoms with van der Waals surface area (Å²) in [5, 5.41) is 0. The Kier molecular flexibility index (Phi) is 6.28. The minimum absolute atomic E-state index is 0.295. The van der Waals surface area contributed by atoms with Gasteiger partial charge in [0.2, 0.25) is 10.0 Å². The van der Waals surface area contributed by atoms with Gasteiger partial charge in [-0.05, 0) is 24.1 Å². The fourth-order valence-electron chi connectivity index (χ4n) is 1.80. The Morgan fingerprint density at radius 1 is 1.17 bits per heavy atom. The zero-order valence-corrected chi connectivity index (χ0v) is 14.2. The lowest BCUT2D eigenvalue weighted by molar-refractivity contribution is 0.0237. The normalized spacial score (nSPS) is 11.3. The predicted octanol–water partition coefficient (Wildman–Crippen LogP) is 1.70. The van der Waals surface area contributed by atoms with Gasteiger partial charge >= 0.3 is 0 Å². The second-order valence-corrected chi connectivity index (χ2v) is 7.89. The van der Waals surface area contributed by atoms with Crippen LogP contribution in [0.2, 0.25) is 0 Å². The molecular formula is C15H18N2O4S2. The number of hydrogen-bond acceptors (Lipinski definition) is 5. The molecule has 1 aromatic carbocycles. The topological polar surface area (TPSA) is 84.5 Å². The molecule has 0 saturated heterocycles. The van der Waals surface area contributed by atoms with Gasteiger partial charge in [0.05, 0.1) is 17.7 Å². The van der Waals surface area contributed by atoms with Gasteiger partial charge in [0.15, 0.2) is 0 Å². The van der Waals surface area contributed by atoms with Gasteiger partial charge in [0, 0.05) is 11.4 Å². The summed E-state index contributed by atoms with van der Waals surface area (Å²) >= 11 is 1.31. The average Bonchev–Trinajstić information content (AvgIpc) is 2.96. The number of rotatable bonds is 8. The molecule has 23 heavy (non-hydrogen) atoms. The van der Waals surface area contributed by atoms with Crippen molar-refractivity contribution in [3.05, 3.63) is 57.8 Å². The van der Waals surface area contributed by atoms with E-state index in [0.29, 0.717) is 24.4 Å². The highest BCUT2D eigenvalue weighted by atomic mass is 32.2. The summed E-state index contributed by atoms with van der Waals surface area (Å²) in [6.07, 6.45) is 1.65. The van der Waals surface area contributed by atoms with Gasteiger partial charge in [0.25, 0.3) is 5.91 Å². The van der Waals surface area contributed by atoms with Gasteiger partial charge in [-0.15, -0.1) is 11.3 Å². The summed E-state index contributed by atoms with van der Waals surface area (Å²) in [7, 11) is -3.19. The summed E-state index contributed by atoms with van der Waals surface area (Å²) in [5.41, 5.74) is 3.37. The van der Waals surface area contributed by atoms with Crippen LogP contribution in [0.1, 0.15) is 20.1 Å². The maximum Gasteiger partial charge on any atom is 0.284 e. The Morgan fingerprint density at radius 3 is 2.61 bits per heavy atom. The van der Waals surface area contributed by atoms with E-state index in [0.717, 1.165) is 16.7 Å². The molecule has 0 unspecified atom stereocenters. The summed E-state index contributed by atoms with van der Waals surface area (Å²) in [4.78, 5) is 18.6. The Hall–Kier alpha value is -1.74. The Bertz CT molecular complexity index is 742. The lowest BCUT2D eigenvalue weighted by Crippen LogP contribution is -2.24. The smallest absolute Gasteiger partial charge is 0.269 e. The van der Waals surface area contributed by atoms with Crippen molar-refractivity contribution in [2.75, 3.05) is 12.8 Å². The molecule has 1 amide bonds. The van der Waals surface area contributed by atoms with E-state index in [1.54, 1.807) is 12.1 Å². The Balaban J connectivity index is 1.77. The number of thiophene rings is 1. The third-order valence-electron chi connectivity index (χ3n) is 2.87. The van der Waals surface area contributed by atoms with E-state index in [1.807, 2.05) is 30.3 Å². The van der Waals surface area contributed by atoms with Crippen LogP contribution in [-0.4, -0.2) is 27.1 Å². The first kappa shape index (κ1) is 17.6. The van der Waals surface area contributed by atoms with Crippen molar-refractivity contribution >= 4 is 27.3 Å². The quantitative estimate of drug-likeness (QED) is 0.707. The van der Waals surface area contributed by atoms with Crippen LogP contribution in [0.3, 0.4) is 0 Å². The third kappa shape index (κ3) is 6.49. The van der Waals surface area contributed by atoms with E-state index in [2.05, 4.69) is 10.2 Å². The molecule has 1 aromatic heterocycles. The fraction of sp³-hybridized carbons (Fsp3) is 0.267. The van der Waals surface area contributed by atoms with E-state index in [1.165, 1.54) is 11.3 Å². The first-order chi connectivity index (χ1) is 10.9. The van der Waals surface area contributed by atoms with Gasteiger partial charge in [-0.2, -0.15) is 0 Å². The molecule has 0 aliphatic rings. The zero-order valence-electron chi connectivity index (χ0n) is 12.6. The molecule has 6 nitrogen and oxygen atoms in total. The van der Waals surface area contributed by atoms with Gasteiger partial charge in [-0.25, -0.2) is 18.6 Å². The Labute approximate surface area is 139 Å². The van der Waals surface area contributed by atoms with Crippen molar-refractivity contribution < 1.29 is 18.0 Å². The standard InChI is InChI=1S/C15H18N2O4S2/c1-23(19,20)16-10-9-13-7-8-14(22-13)15(18)17-21-11-12-5-3-2-4-6-12/h2-8,16H,9-11H2,1H3,(H,17,18). The van der Waals surface area contributed by atoms with Crippen LogP contribution in [0.5, 0.6) is 0 Å². The van der Waals surface area contributed by atoms with E-state index in [4.69, 9.17) is 4.84 Å². The molecule has 2 rings (SSSR count). The van der Waals surface area contributed by atoms with Crippen molar-refractivity contribution in [1.82, 2.24) is 10.2 Å². The van der Waals surface area contributed by atoms with E-state index >= 15 is 0 Å². The van der Waals surface area contributed by atoms with Gasteiger partial charge < -0.3 is 0 Å².